The summed E-state index contributed by atoms with van der Waals surface area (Å²) in [4.78, 5) is 15.7. The summed E-state index contributed by atoms with van der Waals surface area (Å²) in [6, 6.07) is 11.6. The molecule has 1 aromatic carbocycles. The van der Waals surface area contributed by atoms with Crippen molar-refractivity contribution in [3.63, 3.8) is 0 Å². The Labute approximate surface area is 114 Å². The van der Waals surface area contributed by atoms with Crippen LogP contribution in [0, 0.1) is 0 Å². The largest absolute Gasteiger partial charge is 0.282 e. The highest BCUT2D eigenvalue weighted by molar-refractivity contribution is 6.30. The second-order valence-electron chi connectivity index (χ2n) is 3.43. The maximum atomic E-state index is 11.7. The van der Waals surface area contributed by atoms with Crippen LogP contribution in [0.15, 0.2) is 42.5 Å². The second kappa shape index (κ2) is 5.71. The number of hydrazine groups is 1. The lowest BCUT2D eigenvalue weighted by Crippen LogP contribution is -2.29. The van der Waals surface area contributed by atoms with Crippen LogP contribution in [0.3, 0.4) is 0 Å². The Kier molecular flexibility index (Phi) is 4.02. The summed E-state index contributed by atoms with van der Waals surface area (Å²) in [7, 11) is 0. The molecule has 0 fully saturated rings. The summed E-state index contributed by atoms with van der Waals surface area (Å²) in [5.41, 5.74) is 5.67. The fraction of sp³-hybridized carbons (Fsp3) is 0. The molecule has 1 aromatic heterocycles. The molecule has 0 saturated carbocycles. The summed E-state index contributed by atoms with van der Waals surface area (Å²) in [6.07, 6.45) is 0. The molecule has 2 rings (SSSR count). The molecule has 6 heteroatoms. The van der Waals surface area contributed by atoms with Gasteiger partial charge in [0.2, 0.25) is 0 Å². The molecule has 0 saturated heterocycles. The summed E-state index contributed by atoms with van der Waals surface area (Å²) in [5.74, 6) is 0.179. The third-order valence-corrected chi connectivity index (χ3v) is 2.59. The van der Waals surface area contributed by atoms with Crippen LogP contribution in [0.1, 0.15) is 10.4 Å². The van der Waals surface area contributed by atoms with Gasteiger partial charge < -0.3 is 0 Å². The first-order chi connectivity index (χ1) is 8.65. The van der Waals surface area contributed by atoms with Gasteiger partial charge in [0, 0.05) is 10.6 Å². The molecule has 0 aliphatic rings. The van der Waals surface area contributed by atoms with Crippen molar-refractivity contribution >= 4 is 34.9 Å². The van der Waals surface area contributed by atoms with Crippen LogP contribution in [0.25, 0.3) is 0 Å². The number of hydrogen-bond acceptors (Lipinski definition) is 3. The Morgan fingerprint density at radius 1 is 1.06 bits per heavy atom. The van der Waals surface area contributed by atoms with Crippen molar-refractivity contribution in [2.75, 3.05) is 5.43 Å². The highest BCUT2D eigenvalue weighted by Crippen LogP contribution is 2.10. The van der Waals surface area contributed by atoms with Crippen LogP contribution in [-0.2, 0) is 0 Å². The number of rotatable bonds is 3. The number of amides is 1. The van der Waals surface area contributed by atoms with E-state index < -0.39 is 0 Å². The van der Waals surface area contributed by atoms with E-state index in [0.29, 0.717) is 21.6 Å². The van der Waals surface area contributed by atoms with Crippen molar-refractivity contribution in [1.29, 1.82) is 0 Å². The monoisotopic (exact) mass is 281 g/mol. The average Bonchev–Trinajstić information content (AvgIpc) is 2.37. The molecule has 2 aromatic rings. The summed E-state index contributed by atoms with van der Waals surface area (Å²) in [5, 5.41) is 0.928. The Bertz CT molecular complexity index is 558. The summed E-state index contributed by atoms with van der Waals surface area (Å²) >= 11 is 11.5. The third-order valence-electron chi connectivity index (χ3n) is 2.13. The molecule has 1 heterocycles. The maximum Gasteiger partial charge on any atom is 0.269 e. The van der Waals surface area contributed by atoms with E-state index in [0.717, 1.165) is 0 Å². The highest BCUT2D eigenvalue weighted by Gasteiger charge is 2.04. The average molecular weight is 282 g/mol. The van der Waals surface area contributed by atoms with E-state index in [1.165, 1.54) is 0 Å². The van der Waals surface area contributed by atoms with Gasteiger partial charge in [-0.1, -0.05) is 29.3 Å². The van der Waals surface area contributed by atoms with Crippen molar-refractivity contribution in [2.24, 2.45) is 0 Å². The van der Waals surface area contributed by atoms with Crippen LogP contribution < -0.4 is 10.9 Å². The Morgan fingerprint density at radius 2 is 1.78 bits per heavy atom. The first-order valence-electron chi connectivity index (χ1n) is 5.09. The van der Waals surface area contributed by atoms with E-state index in [1.54, 1.807) is 42.5 Å². The van der Waals surface area contributed by atoms with Crippen LogP contribution in [-0.4, -0.2) is 10.9 Å². The lowest BCUT2D eigenvalue weighted by molar-refractivity contribution is 0.0962. The third kappa shape index (κ3) is 3.35. The van der Waals surface area contributed by atoms with Crippen LogP contribution in [0.2, 0.25) is 10.2 Å². The fourth-order valence-electron chi connectivity index (χ4n) is 1.27. The molecular weight excluding hydrogens is 273 g/mol. The zero-order chi connectivity index (χ0) is 13.0. The number of pyridine rings is 1. The summed E-state index contributed by atoms with van der Waals surface area (Å²) < 4.78 is 0. The van der Waals surface area contributed by atoms with Gasteiger partial charge in [-0.3, -0.25) is 15.6 Å². The minimum atomic E-state index is -0.284. The molecule has 0 atom stereocenters. The van der Waals surface area contributed by atoms with Crippen molar-refractivity contribution < 1.29 is 4.79 Å². The van der Waals surface area contributed by atoms with E-state index in [-0.39, 0.29) is 5.91 Å². The highest BCUT2D eigenvalue weighted by atomic mass is 35.5. The number of hydrogen-bond donors (Lipinski definition) is 2. The molecule has 0 unspecified atom stereocenters. The van der Waals surface area contributed by atoms with Gasteiger partial charge in [-0.15, -0.1) is 0 Å². The minimum Gasteiger partial charge on any atom is -0.282 e. The first-order valence-corrected chi connectivity index (χ1v) is 5.85. The Morgan fingerprint density at radius 3 is 2.44 bits per heavy atom. The van der Waals surface area contributed by atoms with Crippen molar-refractivity contribution in [3.8, 4) is 0 Å². The zero-order valence-corrected chi connectivity index (χ0v) is 10.7. The number of anilines is 1. The van der Waals surface area contributed by atoms with E-state index in [4.69, 9.17) is 23.2 Å². The van der Waals surface area contributed by atoms with Crippen LogP contribution in [0.5, 0.6) is 0 Å². The Hall–Kier alpha value is -1.78. The molecule has 0 bridgehead atoms. The number of carbonyl (C=O) groups is 1. The standard InChI is InChI=1S/C12H9Cl2N3O/c13-9-6-4-8(5-7-9)12(18)17-16-11-3-1-2-10(14)15-11/h1-7H,(H,15,16)(H,17,18). The SMILES string of the molecule is O=C(NNc1cccc(Cl)n1)c1ccc(Cl)cc1. The van der Waals surface area contributed by atoms with Crippen molar-refractivity contribution in [2.45, 2.75) is 0 Å². The number of aromatic nitrogens is 1. The molecule has 18 heavy (non-hydrogen) atoms. The topological polar surface area (TPSA) is 54.0 Å². The predicted octanol–water partition coefficient (Wildman–Crippen LogP) is 3.15. The molecule has 2 N–H and O–H groups in total. The van der Waals surface area contributed by atoms with Gasteiger partial charge >= 0.3 is 0 Å². The van der Waals surface area contributed by atoms with E-state index in [9.17, 15) is 4.79 Å². The van der Waals surface area contributed by atoms with E-state index in [2.05, 4.69) is 15.8 Å². The molecule has 1 amide bonds. The normalized spacial score (nSPS) is 9.89. The predicted molar refractivity (Wildman–Crippen MR) is 71.8 cm³/mol. The number of nitrogens with zero attached hydrogens (tertiary/aromatic N) is 1. The molecule has 0 aliphatic carbocycles. The quantitative estimate of drug-likeness (QED) is 0.671. The second-order valence-corrected chi connectivity index (χ2v) is 4.26. The first kappa shape index (κ1) is 12.7. The smallest absolute Gasteiger partial charge is 0.269 e. The molecule has 0 aliphatic heterocycles. The van der Waals surface area contributed by atoms with Crippen LogP contribution >= 0.6 is 23.2 Å². The van der Waals surface area contributed by atoms with E-state index in [1.807, 2.05) is 0 Å². The van der Waals surface area contributed by atoms with Gasteiger partial charge in [-0.2, -0.15) is 0 Å². The van der Waals surface area contributed by atoms with Gasteiger partial charge in [0.1, 0.15) is 11.0 Å². The molecule has 92 valence electrons. The minimum absolute atomic E-state index is 0.284. The maximum absolute atomic E-state index is 11.7. The molecule has 4 nitrogen and oxygen atoms in total. The number of carbonyl (C=O) groups excluding carboxylic acids is 1. The molecular formula is C12H9Cl2N3O. The number of benzene rings is 1. The lowest BCUT2D eigenvalue weighted by Gasteiger charge is -2.07. The van der Waals surface area contributed by atoms with Crippen molar-refractivity contribution in [1.82, 2.24) is 10.4 Å². The van der Waals surface area contributed by atoms with E-state index >= 15 is 0 Å². The van der Waals surface area contributed by atoms with Gasteiger partial charge in [0.15, 0.2) is 0 Å². The fourth-order valence-corrected chi connectivity index (χ4v) is 1.56. The Balaban J connectivity index is 1.98. The lowest BCUT2D eigenvalue weighted by atomic mass is 10.2. The van der Waals surface area contributed by atoms with Crippen LogP contribution in [0.4, 0.5) is 5.82 Å². The summed E-state index contributed by atoms with van der Waals surface area (Å²) in [6.45, 7) is 0. The molecule has 0 spiro atoms. The van der Waals surface area contributed by atoms with Gasteiger partial charge in [0.05, 0.1) is 0 Å². The van der Waals surface area contributed by atoms with Gasteiger partial charge in [-0.05, 0) is 36.4 Å². The molecule has 0 radical (unpaired) electrons. The van der Waals surface area contributed by atoms with Crippen molar-refractivity contribution in [3.05, 3.63) is 58.2 Å². The van der Waals surface area contributed by atoms with Gasteiger partial charge in [-0.25, -0.2) is 4.98 Å². The number of halogens is 2. The number of nitrogens with one attached hydrogen (secondary N) is 2. The van der Waals surface area contributed by atoms with Gasteiger partial charge in [0.25, 0.3) is 5.91 Å². The zero-order valence-electron chi connectivity index (χ0n) is 9.15.